The van der Waals surface area contributed by atoms with E-state index < -0.39 is 6.04 Å². The van der Waals surface area contributed by atoms with Crippen LogP contribution in [0.2, 0.25) is 0 Å². The van der Waals surface area contributed by atoms with Gasteiger partial charge in [0.2, 0.25) is 11.8 Å². The summed E-state index contributed by atoms with van der Waals surface area (Å²) in [4.78, 5) is 18.0. The van der Waals surface area contributed by atoms with Crippen LogP contribution in [-0.2, 0) is 4.79 Å². The maximum absolute atomic E-state index is 13.4. The minimum atomic E-state index is -0.425. The average molecular weight is 434 g/mol. The Morgan fingerprint density at radius 2 is 2.09 bits per heavy atom. The lowest BCUT2D eigenvalue weighted by Crippen LogP contribution is -2.36. The SMILES string of the molecule is CCOc1ccc(C2C3=C(CC(C)(C)CC3=O)Nc3nc(-c4ccco4)nn32)cc1OC. The Kier molecular flexibility index (Phi) is 4.80. The standard InChI is InChI=1S/C24H26N4O4/c1-5-31-17-9-8-14(11-19(17)30-4)21-20-15(12-24(2,3)13-16(20)29)25-23-26-22(27-28(21)23)18-7-6-10-32-18/h6-11,21H,5,12-13H2,1-4H3,(H,25,26,27). The Labute approximate surface area is 186 Å². The highest BCUT2D eigenvalue weighted by molar-refractivity contribution is 6.00. The molecule has 1 N–H and O–H groups in total. The van der Waals surface area contributed by atoms with Crippen molar-refractivity contribution in [3.63, 3.8) is 0 Å². The molecule has 3 heterocycles. The lowest BCUT2D eigenvalue weighted by molar-refractivity contribution is -0.118. The number of aromatic nitrogens is 3. The van der Waals surface area contributed by atoms with E-state index in [1.54, 1.807) is 24.1 Å². The van der Waals surface area contributed by atoms with E-state index in [0.29, 0.717) is 42.1 Å². The van der Waals surface area contributed by atoms with E-state index >= 15 is 0 Å². The largest absolute Gasteiger partial charge is 0.493 e. The molecule has 1 unspecified atom stereocenters. The van der Waals surface area contributed by atoms with Gasteiger partial charge in [0.25, 0.3) is 0 Å². The number of methoxy groups -OCH3 is 1. The second-order valence-electron chi connectivity index (χ2n) is 8.88. The Balaban J connectivity index is 1.68. The monoisotopic (exact) mass is 434 g/mol. The van der Waals surface area contributed by atoms with Gasteiger partial charge in [-0.3, -0.25) is 4.79 Å². The van der Waals surface area contributed by atoms with Gasteiger partial charge in [-0.25, -0.2) is 4.68 Å². The molecular formula is C24H26N4O4. The Bertz CT molecular complexity index is 1210. The van der Waals surface area contributed by atoms with Crippen molar-refractivity contribution in [2.24, 2.45) is 5.41 Å². The second-order valence-corrected chi connectivity index (χ2v) is 8.88. The summed E-state index contributed by atoms with van der Waals surface area (Å²) in [7, 11) is 1.61. The number of furan rings is 1. The summed E-state index contributed by atoms with van der Waals surface area (Å²) in [6, 6.07) is 8.94. The number of carbonyl (C=O) groups is 1. The molecule has 32 heavy (non-hydrogen) atoms. The third-order valence-corrected chi connectivity index (χ3v) is 5.88. The van der Waals surface area contributed by atoms with E-state index in [0.717, 1.165) is 23.3 Å². The number of nitrogens with zero attached hydrogens (tertiary/aromatic N) is 3. The van der Waals surface area contributed by atoms with E-state index in [9.17, 15) is 4.79 Å². The van der Waals surface area contributed by atoms with Crippen molar-refractivity contribution in [3.8, 4) is 23.1 Å². The number of rotatable bonds is 5. The van der Waals surface area contributed by atoms with Crippen LogP contribution >= 0.6 is 0 Å². The van der Waals surface area contributed by atoms with Crippen LogP contribution in [0.4, 0.5) is 5.95 Å². The number of carbonyl (C=O) groups excluding carboxylic acids is 1. The Morgan fingerprint density at radius 1 is 1.25 bits per heavy atom. The van der Waals surface area contributed by atoms with Gasteiger partial charge >= 0.3 is 0 Å². The van der Waals surface area contributed by atoms with Gasteiger partial charge in [0.15, 0.2) is 23.0 Å². The molecule has 0 bridgehead atoms. The van der Waals surface area contributed by atoms with Crippen LogP contribution in [0.1, 0.15) is 45.2 Å². The highest BCUT2D eigenvalue weighted by Crippen LogP contribution is 2.46. The van der Waals surface area contributed by atoms with Crippen molar-refractivity contribution in [3.05, 3.63) is 53.4 Å². The average Bonchev–Trinajstić information content (AvgIpc) is 3.41. The molecule has 2 aliphatic rings. The third kappa shape index (κ3) is 3.36. The Hall–Kier alpha value is -3.55. The summed E-state index contributed by atoms with van der Waals surface area (Å²) in [6.07, 6.45) is 2.82. The molecule has 8 nitrogen and oxygen atoms in total. The highest BCUT2D eigenvalue weighted by Gasteiger charge is 2.42. The Morgan fingerprint density at radius 3 is 2.81 bits per heavy atom. The number of ether oxygens (including phenoxy) is 2. The predicted octanol–water partition coefficient (Wildman–Crippen LogP) is 4.60. The molecule has 5 rings (SSSR count). The molecule has 0 saturated carbocycles. The fraction of sp³-hybridized carbons (Fsp3) is 0.375. The number of Topliss-reactive ketones (excluding diaryl/α,β-unsaturated/α-hetero) is 1. The van der Waals surface area contributed by atoms with E-state index in [-0.39, 0.29) is 11.2 Å². The molecule has 1 aliphatic carbocycles. The van der Waals surface area contributed by atoms with Crippen molar-refractivity contribution < 1.29 is 18.7 Å². The number of hydrogen-bond donors (Lipinski definition) is 1. The van der Waals surface area contributed by atoms with Crippen LogP contribution in [0.3, 0.4) is 0 Å². The molecule has 0 spiro atoms. The molecule has 166 valence electrons. The second kappa shape index (κ2) is 7.55. The fourth-order valence-corrected chi connectivity index (χ4v) is 4.56. The van der Waals surface area contributed by atoms with Crippen LogP contribution in [0.15, 0.2) is 52.3 Å². The number of ketones is 1. The lowest BCUT2D eigenvalue weighted by atomic mass is 9.73. The van der Waals surface area contributed by atoms with Gasteiger partial charge in [-0.15, -0.1) is 5.10 Å². The molecule has 1 atom stereocenters. The smallest absolute Gasteiger partial charge is 0.227 e. The minimum absolute atomic E-state index is 0.113. The van der Waals surface area contributed by atoms with E-state index in [1.165, 1.54) is 0 Å². The summed E-state index contributed by atoms with van der Waals surface area (Å²) >= 11 is 0. The number of fused-ring (bicyclic) bond motifs is 1. The molecule has 1 aliphatic heterocycles. The molecule has 1 aromatic carbocycles. The van der Waals surface area contributed by atoms with E-state index in [4.69, 9.17) is 19.0 Å². The van der Waals surface area contributed by atoms with E-state index in [1.807, 2.05) is 31.2 Å². The van der Waals surface area contributed by atoms with Gasteiger partial charge in [0, 0.05) is 17.7 Å². The van der Waals surface area contributed by atoms with Gasteiger partial charge in [0.05, 0.1) is 20.0 Å². The van der Waals surface area contributed by atoms with Crippen LogP contribution in [0.25, 0.3) is 11.6 Å². The van der Waals surface area contributed by atoms with Gasteiger partial charge < -0.3 is 19.2 Å². The molecule has 3 aromatic rings. The van der Waals surface area contributed by atoms with Gasteiger partial charge in [0.1, 0.15) is 6.04 Å². The van der Waals surface area contributed by atoms with Crippen molar-refractivity contribution >= 4 is 11.7 Å². The number of anilines is 1. The van der Waals surface area contributed by atoms with Crippen LogP contribution in [-0.4, -0.2) is 34.3 Å². The number of benzene rings is 1. The number of allylic oxidation sites excluding steroid dienone is 2. The fourth-order valence-electron chi connectivity index (χ4n) is 4.56. The van der Waals surface area contributed by atoms with Crippen LogP contribution in [0.5, 0.6) is 11.5 Å². The zero-order valence-electron chi connectivity index (χ0n) is 18.6. The zero-order valence-corrected chi connectivity index (χ0v) is 18.6. The highest BCUT2D eigenvalue weighted by atomic mass is 16.5. The number of nitrogens with one attached hydrogen (secondary N) is 1. The molecule has 0 fully saturated rings. The van der Waals surface area contributed by atoms with Crippen LogP contribution < -0.4 is 14.8 Å². The van der Waals surface area contributed by atoms with Crippen molar-refractivity contribution in [1.82, 2.24) is 14.8 Å². The summed E-state index contributed by atoms with van der Waals surface area (Å²) in [5, 5.41) is 8.10. The van der Waals surface area contributed by atoms with Gasteiger partial charge in [-0.1, -0.05) is 19.9 Å². The van der Waals surface area contributed by atoms with Crippen molar-refractivity contribution in [1.29, 1.82) is 0 Å². The van der Waals surface area contributed by atoms with Crippen LogP contribution in [0, 0.1) is 5.41 Å². The summed E-state index contributed by atoms with van der Waals surface area (Å²) < 4.78 is 18.5. The minimum Gasteiger partial charge on any atom is -0.493 e. The summed E-state index contributed by atoms with van der Waals surface area (Å²) in [5.41, 5.74) is 2.37. The zero-order chi connectivity index (χ0) is 22.5. The molecule has 2 aromatic heterocycles. The summed E-state index contributed by atoms with van der Waals surface area (Å²) in [6.45, 7) is 6.68. The molecule has 0 saturated heterocycles. The maximum Gasteiger partial charge on any atom is 0.227 e. The van der Waals surface area contributed by atoms with Gasteiger partial charge in [-0.2, -0.15) is 4.98 Å². The molecule has 8 heteroatoms. The van der Waals surface area contributed by atoms with E-state index in [2.05, 4.69) is 24.1 Å². The first-order chi connectivity index (χ1) is 15.4. The quantitative estimate of drug-likeness (QED) is 0.627. The van der Waals surface area contributed by atoms with Gasteiger partial charge in [-0.05, 0) is 48.6 Å². The maximum atomic E-state index is 13.4. The predicted molar refractivity (Wildman–Crippen MR) is 119 cm³/mol. The third-order valence-electron chi connectivity index (χ3n) is 5.88. The molecule has 0 amide bonds. The first kappa shape index (κ1) is 20.4. The topological polar surface area (TPSA) is 91.4 Å². The summed E-state index contributed by atoms with van der Waals surface area (Å²) in [5.74, 6) is 3.00. The van der Waals surface area contributed by atoms with Crippen molar-refractivity contribution in [2.75, 3.05) is 19.0 Å². The first-order valence-electron chi connectivity index (χ1n) is 10.7. The normalized spacial score (nSPS) is 19.2. The molecule has 0 radical (unpaired) electrons. The first-order valence-corrected chi connectivity index (χ1v) is 10.7. The van der Waals surface area contributed by atoms with Crippen molar-refractivity contribution in [2.45, 2.75) is 39.7 Å². The molecular weight excluding hydrogens is 408 g/mol. The number of hydrogen-bond acceptors (Lipinski definition) is 7. The lowest BCUT2D eigenvalue weighted by Gasteiger charge is -2.38.